The lowest BCUT2D eigenvalue weighted by atomic mass is 10.2. The number of aromatic nitrogens is 3. The van der Waals surface area contributed by atoms with E-state index in [1.165, 1.54) is 16.9 Å². The van der Waals surface area contributed by atoms with E-state index in [1.54, 1.807) is 6.07 Å². The highest BCUT2D eigenvalue weighted by atomic mass is 35.5. The SMILES string of the molecule is Cc1ccc(-n2[nH]c(C(=O)Nc3cnc(Cl)cc3C)cc2=O)cc1. The Morgan fingerprint density at radius 3 is 2.58 bits per heavy atom. The molecule has 1 aromatic carbocycles. The molecule has 0 spiro atoms. The van der Waals surface area contributed by atoms with Gasteiger partial charge >= 0.3 is 0 Å². The molecule has 0 radical (unpaired) electrons. The number of aromatic amines is 1. The third-order valence-electron chi connectivity index (χ3n) is 3.58. The van der Waals surface area contributed by atoms with Crippen LogP contribution in [-0.2, 0) is 0 Å². The zero-order valence-corrected chi connectivity index (χ0v) is 13.9. The van der Waals surface area contributed by atoms with Crippen molar-refractivity contribution in [1.82, 2.24) is 14.8 Å². The molecule has 0 aliphatic rings. The Labute approximate surface area is 143 Å². The first kappa shape index (κ1) is 16.0. The predicted octanol–water partition coefficient (Wildman–Crippen LogP) is 3.08. The monoisotopic (exact) mass is 342 g/mol. The largest absolute Gasteiger partial charge is 0.319 e. The topological polar surface area (TPSA) is 79.8 Å². The molecule has 0 aliphatic carbocycles. The minimum absolute atomic E-state index is 0.162. The second-order valence-electron chi connectivity index (χ2n) is 5.46. The molecule has 122 valence electrons. The van der Waals surface area contributed by atoms with Crippen molar-refractivity contribution in [2.24, 2.45) is 0 Å². The summed E-state index contributed by atoms with van der Waals surface area (Å²) in [4.78, 5) is 28.4. The van der Waals surface area contributed by atoms with E-state index in [9.17, 15) is 9.59 Å². The molecular weight excluding hydrogens is 328 g/mol. The van der Waals surface area contributed by atoms with Crippen molar-refractivity contribution in [2.45, 2.75) is 13.8 Å². The van der Waals surface area contributed by atoms with Crippen LogP contribution in [0.1, 0.15) is 21.6 Å². The number of pyridine rings is 1. The number of carbonyl (C=O) groups is 1. The van der Waals surface area contributed by atoms with Gasteiger partial charge in [-0.15, -0.1) is 0 Å². The number of H-pyrrole nitrogens is 1. The first-order valence-corrected chi connectivity index (χ1v) is 7.64. The van der Waals surface area contributed by atoms with Gasteiger partial charge in [0, 0.05) is 6.07 Å². The Hall–Kier alpha value is -2.86. The number of carbonyl (C=O) groups excluding carboxylic acids is 1. The van der Waals surface area contributed by atoms with Crippen molar-refractivity contribution in [3.8, 4) is 5.69 Å². The smallest absolute Gasteiger partial charge is 0.273 e. The van der Waals surface area contributed by atoms with Crippen molar-refractivity contribution in [2.75, 3.05) is 5.32 Å². The molecule has 0 saturated carbocycles. The number of anilines is 1. The zero-order chi connectivity index (χ0) is 17.3. The normalized spacial score (nSPS) is 10.6. The Bertz CT molecular complexity index is 957. The number of amides is 1. The van der Waals surface area contributed by atoms with Crippen LogP contribution in [0.2, 0.25) is 5.15 Å². The molecule has 2 N–H and O–H groups in total. The molecule has 0 saturated heterocycles. The van der Waals surface area contributed by atoms with Crippen molar-refractivity contribution in [1.29, 1.82) is 0 Å². The maximum Gasteiger partial charge on any atom is 0.273 e. The molecule has 0 fully saturated rings. The van der Waals surface area contributed by atoms with E-state index in [-0.39, 0.29) is 11.3 Å². The van der Waals surface area contributed by atoms with Crippen LogP contribution in [0.5, 0.6) is 0 Å². The van der Waals surface area contributed by atoms with Gasteiger partial charge in [-0.05, 0) is 37.6 Å². The molecule has 7 heteroatoms. The van der Waals surface area contributed by atoms with E-state index >= 15 is 0 Å². The molecular formula is C17H15ClN4O2. The number of halogens is 1. The lowest BCUT2D eigenvalue weighted by molar-refractivity contribution is 0.102. The molecule has 0 bridgehead atoms. The lowest BCUT2D eigenvalue weighted by Gasteiger charge is -2.07. The first-order chi connectivity index (χ1) is 11.4. The van der Waals surface area contributed by atoms with Gasteiger partial charge in [0.15, 0.2) is 0 Å². The van der Waals surface area contributed by atoms with Crippen LogP contribution in [0, 0.1) is 13.8 Å². The summed E-state index contributed by atoms with van der Waals surface area (Å²) in [5.74, 6) is -0.426. The molecule has 0 atom stereocenters. The van der Waals surface area contributed by atoms with Gasteiger partial charge in [-0.3, -0.25) is 14.7 Å². The highest BCUT2D eigenvalue weighted by Crippen LogP contribution is 2.17. The molecule has 6 nitrogen and oxygen atoms in total. The fourth-order valence-corrected chi connectivity index (χ4v) is 2.45. The fraction of sp³-hybridized carbons (Fsp3) is 0.118. The van der Waals surface area contributed by atoms with Gasteiger partial charge in [-0.1, -0.05) is 29.3 Å². The van der Waals surface area contributed by atoms with Crippen molar-refractivity contribution in [3.05, 3.63) is 74.9 Å². The number of hydrogen-bond acceptors (Lipinski definition) is 3. The summed E-state index contributed by atoms with van der Waals surface area (Å²) in [6.45, 7) is 3.77. The number of nitrogens with zero attached hydrogens (tertiary/aromatic N) is 2. The van der Waals surface area contributed by atoms with Crippen molar-refractivity contribution < 1.29 is 4.79 Å². The van der Waals surface area contributed by atoms with Crippen LogP contribution in [0.3, 0.4) is 0 Å². The number of benzene rings is 1. The Kier molecular flexibility index (Phi) is 4.22. The van der Waals surface area contributed by atoms with Gasteiger partial charge < -0.3 is 5.32 Å². The molecule has 3 aromatic rings. The third-order valence-corrected chi connectivity index (χ3v) is 3.79. The van der Waals surface area contributed by atoms with E-state index in [1.807, 2.05) is 38.1 Å². The quantitative estimate of drug-likeness (QED) is 0.718. The maximum absolute atomic E-state index is 12.3. The summed E-state index contributed by atoms with van der Waals surface area (Å²) in [7, 11) is 0. The lowest BCUT2D eigenvalue weighted by Crippen LogP contribution is -2.15. The van der Waals surface area contributed by atoms with Crippen LogP contribution in [0.15, 0.2) is 47.4 Å². The number of nitrogens with one attached hydrogen (secondary N) is 2. The minimum atomic E-state index is -0.426. The molecule has 0 unspecified atom stereocenters. The van der Waals surface area contributed by atoms with Gasteiger partial charge in [0.2, 0.25) is 0 Å². The highest BCUT2D eigenvalue weighted by Gasteiger charge is 2.13. The number of aryl methyl sites for hydroxylation is 2. The molecule has 1 amide bonds. The average Bonchev–Trinajstić information content (AvgIpc) is 2.93. The molecule has 2 heterocycles. The Balaban J connectivity index is 1.87. The number of hydrogen-bond donors (Lipinski definition) is 2. The van der Waals surface area contributed by atoms with Gasteiger partial charge in [0.05, 0.1) is 17.6 Å². The van der Waals surface area contributed by atoms with Crippen LogP contribution in [0.4, 0.5) is 5.69 Å². The summed E-state index contributed by atoms with van der Waals surface area (Å²) in [6.07, 6.45) is 1.48. The van der Waals surface area contributed by atoms with Crippen LogP contribution < -0.4 is 10.9 Å². The molecule has 24 heavy (non-hydrogen) atoms. The second kappa shape index (κ2) is 6.33. The van der Waals surface area contributed by atoms with Crippen LogP contribution in [-0.4, -0.2) is 20.7 Å². The molecule has 0 aliphatic heterocycles. The summed E-state index contributed by atoms with van der Waals surface area (Å²) < 4.78 is 1.32. The van der Waals surface area contributed by atoms with Gasteiger partial charge in [0.25, 0.3) is 11.5 Å². The van der Waals surface area contributed by atoms with Crippen molar-refractivity contribution in [3.63, 3.8) is 0 Å². The van der Waals surface area contributed by atoms with Crippen molar-refractivity contribution >= 4 is 23.2 Å². The van der Waals surface area contributed by atoms with Crippen LogP contribution >= 0.6 is 11.6 Å². The predicted molar refractivity (Wildman–Crippen MR) is 93.1 cm³/mol. The van der Waals surface area contributed by atoms with E-state index in [0.29, 0.717) is 16.5 Å². The van der Waals surface area contributed by atoms with Gasteiger partial charge in [0.1, 0.15) is 10.8 Å². The van der Waals surface area contributed by atoms with Gasteiger partial charge in [-0.2, -0.15) is 0 Å². The Morgan fingerprint density at radius 1 is 1.21 bits per heavy atom. The third kappa shape index (κ3) is 3.23. The van der Waals surface area contributed by atoms with E-state index in [2.05, 4.69) is 15.4 Å². The van der Waals surface area contributed by atoms with E-state index in [4.69, 9.17) is 11.6 Å². The Morgan fingerprint density at radius 2 is 1.92 bits per heavy atom. The fourth-order valence-electron chi connectivity index (χ4n) is 2.24. The summed E-state index contributed by atoms with van der Waals surface area (Å²) in [6, 6.07) is 10.3. The molecule has 2 aromatic heterocycles. The number of rotatable bonds is 3. The second-order valence-corrected chi connectivity index (χ2v) is 5.84. The van der Waals surface area contributed by atoms with E-state index in [0.717, 1.165) is 11.1 Å². The standard InChI is InChI=1S/C17H15ClN4O2/c1-10-3-5-12(6-4-10)22-16(23)8-13(21-22)17(24)20-14-9-19-15(18)7-11(14)2/h3-9,21H,1-2H3,(H,20,24). The first-order valence-electron chi connectivity index (χ1n) is 7.26. The summed E-state index contributed by atoms with van der Waals surface area (Å²) >= 11 is 5.80. The highest BCUT2D eigenvalue weighted by molar-refractivity contribution is 6.29. The minimum Gasteiger partial charge on any atom is -0.319 e. The zero-order valence-electron chi connectivity index (χ0n) is 13.1. The van der Waals surface area contributed by atoms with E-state index < -0.39 is 5.91 Å². The summed E-state index contributed by atoms with van der Waals surface area (Å²) in [5, 5.41) is 5.88. The average molecular weight is 343 g/mol. The summed E-state index contributed by atoms with van der Waals surface area (Å²) in [5.41, 5.74) is 2.91. The molecule has 3 rings (SSSR count). The van der Waals surface area contributed by atoms with Crippen LogP contribution in [0.25, 0.3) is 5.69 Å². The van der Waals surface area contributed by atoms with Gasteiger partial charge in [-0.25, -0.2) is 9.67 Å². The maximum atomic E-state index is 12.3.